The summed E-state index contributed by atoms with van der Waals surface area (Å²) in [5.41, 5.74) is 23.2. The second-order valence-corrected chi connectivity index (χ2v) is 18.7. The van der Waals surface area contributed by atoms with E-state index in [2.05, 4.69) is 258 Å². The number of hydrogen-bond acceptors (Lipinski definition) is 2. The van der Waals surface area contributed by atoms with Crippen LogP contribution in [0.2, 0.25) is 0 Å². The molecule has 3 nitrogen and oxygen atoms in total. The zero-order valence-electron chi connectivity index (χ0n) is 38.1. The van der Waals surface area contributed by atoms with Crippen molar-refractivity contribution in [2.24, 2.45) is 0 Å². The Bertz CT molecular complexity index is 4170. The lowest BCUT2D eigenvalue weighted by Crippen LogP contribution is -2.26. The van der Waals surface area contributed by atoms with Gasteiger partial charge in [-0.25, -0.2) is 0 Å². The number of fused-ring (bicyclic) bond motifs is 16. The molecule has 1 spiro atoms. The zero-order valence-corrected chi connectivity index (χ0v) is 38.1. The van der Waals surface area contributed by atoms with Crippen LogP contribution in [0.1, 0.15) is 22.3 Å². The third-order valence-electron chi connectivity index (χ3n) is 15.2. The highest BCUT2D eigenvalue weighted by molar-refractivity contribution is 6.21. The number of aromatic nitrogens is 1. The summed E-state index contributed by atoms with van der Waals surface area (Å²) >= 11 is 0. The SMILES string of the molecule is c1ccc(-c2ccc(N(c3ccc(-c4cccc5c4c4cc6c(cc4n5-c4ccccc4)oc4ccccc46)cc3)c3cccc4c3-c3ccccc3C43c4ccccc4-c4ccccc43)cc2)cc1. The molecule has 0 N–H and O–H groups in total. The smallest absolute Gasteiger partial charge is 0.137 e. The monoisotopic (exact) mass is 890 g/mol. The molecule has 0 amide bonds. The average molecular weight is 891 g/mol. The number of para-hydroxylation sites is 2. The van der Waals surface area contributed by atoms with E-state index in [1.807, 2.05) is 6.07 Å². The maximum atomic E-state index is 6.49. The molecule has 0 radical (unpaired) electrons. The molecule has 2 aliphatic rings. The van der Waals surface area contributed by atoms with Crippen LogP contribution < -0.4 is 4.90 Å². The van der Waals surface area contributed by atoms with E-state index in [0.29, 0.717) is 0 Å². The van der Waals surface area contributed by atoms with Crippen molar-refractivity contribution in [3.05, 3.63) is 277 Å². The molecule has 0 bridgehead atoms. The van der Waals surface area contributed by atoms with Crippen LogP contribution in [0, 0.1) is 0 Å². The molecule has 326 valence electrons. The first-order chi connectivity index (χ1) is 34.7. The summed E-state index contributed by atoms with van der Waals surface area (Å²) in [5, 5.41) is 4.66. The van der Waals surface area contributed by atoms with Gasteiger partial charge in [0.1, 0.15) is 11.2 Å². The molecule has 2 heterocycles. The minimum Gasteiger partial charge on any atom is -0.456 e. The van der Waals surface area contributed by atoms with Crippen LogP contribution in [0.25, 0.3) is 93.9 Å². The molecule has 0 saturated heterocycles. The lowest BCUT2D eigenvalue weighted by Gasteiger charge is -2.32. The van der Waals surface area contributed by atoms with Crippen molar-refractivity contribution in [3.8, 4) is 50.2 Å². The molecule has 0 aliphatic heterocycles. The van der Waals surface area contributed by atoms with Gasteiger partial charge in [-0.05, 0) is 122 Å². The Labute approximate surface area is 405 Å². The molecule has 15 rings (SSSR count). The maximum Gasteiger partial charge on any atom is 0.137 e. The molecule has 0 saturated carbocycles. The van der Waals surface area contributed by atoms with Crippen LogP contribution in [0.3, 0.4) is 0 Å². The number of nitrogens with zero attached hydrogens (tertiary/aromatic N) is 2. The Kier molecular flexibility index (Phi) is 8.28. The number of hydrogen-bond donors (Lipinski definition) is 0. The van der Waals surface area contributed by atoms with Crippen molar-refractivity contribution in [3.63, 3.8) is 0 Å². The van der Waals surface area contributed by atoms with Gasteiger partial charge in [-0.1, -0.05) is 188 Å². The fourth-order valence-corrected chi connectivity index (χ4v) is 12.3. The molecule has 0 atom stereocenters. The lowest BCUT2D eigenvalue weighted by molar-refractivity contribution is 0.669. The topological polar surface area (TPSA) is 21.3 Å². The molecule has 0 fully saturated rings. The van der Waals surface area contributed by atoms with Gasteiger partial charge in [0.25, 0.3) is 0 Å². The van der Waals surface area contributed by atoms with Gasteiger partial charge in [-0.2, -0.15) is 0 Å². The standard InChI is InChI=1S/C67H42N2O/c1-3-17-43(18-4-1)44-33-37-47(38-34-44)68(61-31-16-29-59-66(61)53-24-9-13-28-58(53)67(59)56-26-11-7-21-50(56)51-22-8-12-27-57(51)67)48-39-35-45(36-40-48)49-25-15-30-60-65(49)55-41-54-52-23-10-14-32-63(52)70-64(54)42-62(55)69(60)46-19-5-2-6-20-46/h1-42H. The molecule has 11 aromatic carbocycles. The fourth-order valence-electron chi connectivity index (χ4n) is 12.3. The number of anilines is 3. The summed E-state index contributed by atoms with van der Waals surface area (Å²) in [6.07, 6.45) is 0. The third-order valence-corrected chi connectivity index (χ3v) is 15.2. The largest absolute Gasteiger partial charge is 0.456 e. The highest BCUT2D eigenvalue weighted by Crippen LogP contribution is 2.64. The van der Waals surface area contributed by atoms with E-state index in [4.69, 9.17) is 4.42 Å². The van der Waals surface area contributed by atoms with Crippen molar-refractivity contribution in [1.82, 2.24) is 4.57 Å². The average Bonchev–Trinajstić information content (AvgIpc) is 4.15. The fraction of sp³-hybridized carbons (Fsp3) is 0.0149. The van der Waals surface area contributed by atoms with Crippen LogP contribution >= 0.6 is 0 Å². The minimum atomic E-state index is -0.451. The summed E-state index contributed by atoms with van der Waals surface area (Å²) in [6.45, 7) is 0. The van der Waals surface area contributed by atoms with Crippen LogP contribution in [0.4, 0.5) is 17.1 Å². The summed E-state index contributed by atoms with van der Waals surface area (Å²) in [4.78, 5) is 2.47. The predicted octanol–water partition coefficient (Wildman–Crippen LogP) is 17.8. The Morgan fingerprint density at radius 3 is 1.60 bits per heavy atom. The van der Waals surface area contributed by atoms with E-state index in [9.17, 15) is 0 Å². The molecular weight excluding hydrogens is 849 g/mol. The predicted molar refractivity (Wildman–Crippen MR) is 290 cm³/mol. The van der Waals surface area contributed by atoms with Gasteiger partial charge in [0.05, 0.1) is 22.1 Å². The lowest BCUT2D eigenvalue weighted by atomic mass is 9.70. The number of rotatable bonds is 6. The van der Waals surface area contributed by atoms with Gasteiger partial charge in [0, 0.05) is 50.2 Å². The molecule has 13 aromatic rings. The first-order valence-electron chi connectivity index (χ1n) is 24.2. The van der Waals surface area contributed by atoms with Gasteiger partial charge in [0.2, 0.25) is 0 Å². The Morgan fingerprint density at radius 1 is 0.343 bits per heavy atom. The van der Waals surface area contributed by atoms with Crippen molar-refractivity contribution < 1.29 is 4.42 Å². The quantitative estimate of drug-likeness (QED) is 0.166. The third kappa shape index (κ3) is 5.40. The van der Waals surface area contributed by atoms with Crippen LogP contribution in [0.15, 0.2) is 259 Å². The van der Waals surface area contributed by atoms with Crippen LogP contribution in [0.5, 0.6) is 0 Å². The van der Waals surface area contributed by atoms with Gasteiger partial charge >= 0.3 is 0 Å². The van der Waals surface area contributed by atoms with Gasteiger partial charge in [-0.3, -0.25) is 0 Å². The van der Waals surface area contributed by atoms with Crippen molar-refractivity contribution in [1.29, 1.82) is 0 Å². The molecule has 2 aromatic heterocycles. The first-order valence-corrected chi connectivity index (χ1v) is 24.2. The minimum absolute atomic E-state index is 0.451. The molecule has 70 heavy (non-hydrogen) atoms. The summed E-state index contributed by atoms with van der Waals surface area (Å²) in [7, 11) is 0. The summed E-state index contributed by atoms with van der Waals surface area (Å²) in [6, 6.07) is 93.5. The van der Waals surface area contributed by atoms with E-state index < -0.39 is 5.41 Å². The Morgan fingerprint density at radius 2 is 0.886 bits per heavy atom. The second kappa shape index (κ2) is 14.9. The molecule has 0 unspecified atom stereocenters. The van der Waals surface area contributed by atoms with E-state index in [0.717, 1.165) is 61.3 Å². The van der Waals surface area contributed by atoms with Gasteiger partial charge < -0.3 is 13.9 Å². The number of benzene rings is 11. The van der Waals surface area contributed by atoms with E-state index >= 15 is 0 Å². The first kappa shape index (κ1) is 38.9. The Hall–Kier alpha value is -9.18. The highest BCUT2D eigenvalue weighted by Gasteiger charge is 2.52. The summed E-state index contributed by atoms with van der Waals surface area (Å²) < 4.78 is 8.87. The van der Waals surface area contributed by atoms with Crippen LogP contribution in [-0.2, 0) is 5.41 Å². The zero-order chi connectivity index (χ0) is 45.9. The molecular formula is C67H42N2O. The van der Waals surface area contributed by atoms with E-state index in [1.165, 1.54) is 72.0 Å². The van der Waals surface area contributed by atoms with Crippen molar-refractivity contribution in [2.45, 2.75) is 5.41 Å². The highest BCUT2D eigenvalue weighted by atomic mass is 16.3. The van der Waals surface area contributed by atoms with E-state index in [-0.39, 0.29) is 0 Å². The van der Waals surface area contributed by atoms with Gasteiger partial charge in [-0.15, -0.1) is 0 Å². The maximum absolute atomic E-state index is 6.49. The van der Waals surface area contributed by atoms with Crippen molar-refractivity contribution >= 4 is 60.8 Å². The molecule has 2 aliphatic carbocycles. The van der Waals surface area contributed by atoms with Crippen LogP contribution in [-0.4, -0.2) is 4.57 Å². The van der Waals surface area contributed by atoms with E-state index in [1.54, 1.807) is 0 Å². The number of furan rings is 1. The Balaban J connectivity index is 0.943. The van der Waals surface area contributed by atoms with Gasteiger partial charge in [0.15, 0.2) is 0 Å². The second-order valence-electron chi connectivity index (χ2n) is 18.7. The molecule has 3 heteroatoms. The van der Waals surface area contributed by atoms with Crippen molar-refractivity contribution in [2.75, 3.05) is 4.90 Å². The normalized spacial score (nSPS) is 13.0. The summed E-state index contributed by atoms with van der Waals surface area (Å²) in [5.74, 6) is 0.